The van der Waals surface area contributed by atoms with E-state index in [-0.39, 0.29) is 53.1 Å². The molecule has 0 unspecified atom stereocenters. The Kier molecular flexibility index (Phi) is 26.8. The van der Waals surface area contributed by atoms with Gasteiger partial charge in [-0.05, 0) is 129 Å². The second-order valence-corrected chi connectivity index (χ2v) is 39.1. The summed E-state index contributed by atoms with van der Waals surface area (Å²) in [6.07, 6.45) is -7.58. The number of thiazole rings is 1. The van der Waals surface area contributed by atoms with E-state index in [1.54, 1.807) is 98.0 Å². The fourth-order valence-corrected chi connectivity index (χ4v) is 12.7. The van der Waals surface area contributed by atoms with Gasteiger partial charge in [-0.25, -0.2) is 29.1 Å². The predicted octanol–water partition coefficient (Wildman–Crippen LogP) is 12.1. The summed E-state index contributed by atoms with van der Waals surface area (Å²) in [4.78, 5) is 119. The van der Waals surface area contributed by atoms with Crippen LogP contribution in [0.1, 0.15) is 193 Å². The van der Waals surface area contributed by atoms with Gasteiger partial charge in [0.1, 0.15) is 64.9 Å². The number of rotatable bonds is 26. The number of carbonyl (C=O) groups is 8. The highest BCUT2D eigenvalue weighted by Crippen LogP contribution is 2.47. The van der Waals surface area contributed by atoms with Crippen molar-refractivity contribution < 1.29 is 79.3 Å². The third-order valence-corrected chi connectivity index (χ3v) is 26.4. The van der Waals surface area contributed by atoms with Gasteiger partial charge in [0.15, 0.2) is 16.6 Å². The summed E-state index contributed by atoms with van der Waals surface area (Å²) >= 11 is 1.10. The standard InChI is InChI=1S/C66H99F3N8O14SSi2/c1-24-37(2)51(58(82)88-62(8,9)10)77(59(83)66(67,68)69)48-31-30-45-46(41(6)90-93(20,21)64(14,15)16)34-47(75-50(45)52(48)91-94(22,23)65(17,18)19)57(81)87-42(7)49(76-60(84)86-35-43-28-26-25-27-29-43)56-74-44(36-92-56)32-33-70-53(78)38(3)71-54(79)39(4)72-55(80)40(5)73-61(85)89-63(11,12)13/h25-31,34,36-38,40-42,48-49,51-52H,4,24,32-33,35H2,1-3,5-23H3,(H,70,78)(H,71,79)(H,72,80)(H,73,85)(H,76,84)/t37-,38-,40-,41-,42+,48+,49-,51-,52-/m0/s1. The molecule has 22 nitrogen and oxygen atoms in total. The molecular weight excluding hydrogens is 1270 g/mol. The molecule has 3 aromatic rings. The molecule has 94 heavy (non-hydrogen) atoms. The van der Waals surface area contributed by atoms with E-state index in [4.69, 9.17) is 37.8 Å². The van der Waals surface area contributed by atoms with Crippen LogP contribution in [-0.2, 0) is 64.8 Å². The monoisotopic (exact) mass is 1370 g/mol. The molecule has 0 spiro atoms. The van der Waals surface area contributed by atoms with E-state index in [0.717, 1.165) is 11.3 Å². The van der Waals surface area contributed by atoms with Crippen molar-refractivity contribution in [2.45, 2.75) is 246 Å². The molecule has 28 heteroatoms. The number of fused-ring (bicyclic) bond motifs is 1. The van der Waals surface area contributed by atoms with E-state index >= 15 is 18.0 Å². The van der Waals surface area contributed by atoms with E-state index in [1.165, 1.54) is 39.0 Å². The first kappa shape index (κ1) is 79.4. The number of alkyl carbamates (subject to hydrolysis) is 2. The van der Waals surface area contributed by atoms with Crippen LogP contribution in [0.2, 0.25) is 36.3 Å². The molecule has 4 rings (SSSR count). The number of alkyl halides is 3. The first-order valence-corrected chi connectivity index (χ1v) is 38.1. The highest BCUT2D eigenvalue weighted by atomic mass is 32.1. The number of hydrogen-bond acceptors (Lipinski definition) is 17. The average molecular weight is 1370 g/mol. The maximum Gasteiger partial charge on any atom is 0.471 e. The molecular formula is C66H99F3N8O14SSi2. The first-order valence-electron chi connectivity index (χ1n) is 31.4. The number of nitrogens with zero attached hydrogens (tertiary/aromatic N) is 3. The van der Waals surface area contributed by atoms with Crippen LogP contribution >= 0.6 is 11.3 Å². The molecule has 9 atom stereocenters. The number of benzene rings is 1. The minimum Gasteiger partial charge on any atom is -0.458 e. The molecule has 2 aromatic heterocycles. The smallest absolute Gasteiger partial charge is 0.458 e. The average Bonchev–Trinajstić information content (AvgIpc) is 0.981. The summed E-state index contributed by atoms with van der Waals surface area (Å²) in [5.41, 5.74) is -0.845. The Morgan fingerprint density at radius 1 is 0.755 bits per heavy atom. The Labute approximate surface area is 557 Å². The molecule has 0 aliphatic heterocycles. The quantitative estimate of drug-likeness (QED) is 0.0216. The number of ether oxygens (including phenoxy) is 4. The SMILES string of the molecule is C=C(NC(=O)[C@H](C)NC(=O)OC(C)(C)C)C(=O)N[C@@H](C)C(=O)NCCc1csc([C@@H](NC(=O)OCc2ccccc2)[C@@H](C)OC(=O)c2cc([C@H](C)O[Si](C)(C)C(C)(C)C)c3c(n2)[C@@H](O[Si](C)(C)C(C)(C)C)[C@H](N(C(=O)C(F)(F)F)[C@H](C(=O)OC(C)(C)C)[C@@H](C)CC)C=C3)n1. The zero-order valence-electron chi connectivity index (χ0n) is 58.5. The summed E-state index contributed by atoms with van der Waals surface area (Å²) in [6.45, 7) is 42.3. The number of pyridine rings is 1. The van der Waals surface area contributed by atoms with Crippen molar-refractivity contribution in [1.82, 2.24) is 41.5 Å². The lowest BCUT2D eigenvalue weighted by Gasteiger charge is -2.47. The van der Waals surface area contributed by atoms with Crippen molar-refractivity contribution in [2.24, 2.45) is 5.92 Å². The van der Waals surface area contributed by atoms with Crippen LogP contribution in [0.3, 0.4) is 0 Å². The largest absolute Gasteiger partial charge is 0.471 e. The molecule has 1 aromatic carbocycles. The van der Waals surface area contributed by atoms with Gasteiger partial charge in [0, 0.05) is 23.9 Å². The second-order valence-electron chi connectivity index (χ2n) is 28.7. The Bertz CT molecular complexity index is 3250. The van der Waals surface area contributed by atoms with Crippen molar-refractivity contribution in [3.63, 3.8) is 0 Å². The van der Waals surface area contributed by atoms with Crippen molar-refractivity contribution in [3.05, 3.63) is 98.9 Å². The lowest BCUT2D eigenvalue weighted by molar-refractivity contribution is -0.197. The van der Waals surface area contributed by atoms with Crippen LogP contribution < -0.4 is 26.6 Å². The Morgan fingerprint density at radius 3 is 1.89 bits per heavy atom. The van der Waals surface area contributed by atoms with Gasteiger partial charge in [-0.3, -0.25) is 19.2 Å². The van der Waals surface area contributed by atoms with Gasteiger partial charge in [-0.1, -0.05) is 111 Å². The van der Waals surface area contributed by atoms with E-state index in [2.05, 4.69) is 53.9 Å². The van der Waals surface area contributed by atoms with Gasteiger partial charge in [-0.15, -0.1) is 11.3 Å². The lowest BCUT2D eigenvalue weighted by Crippen LogP contribution is -2.60. The number of aromatic nitrogens is 2. The zero-order valence-corrected chi connectivity index (χ0v) is 61.3. The number of halogens is 3. The van der Waals surface area contributed by atoms with Crippen LogP contribution in [0.25, 0.3) is 6.08 Å². The topological polar surface area (TPSA) is 281 Å². The van der Waals surface area contributed by atoms with Crippen LogP contribution in [0.4, 0.5) is 22.8 Å². The molecule has 0 saturated heterocycles. The molecule has 2 heterocycles. The number of esters is 2. The van der Waals surface area contributed by atoms with Gasteiger partial charge < -0.3 is 59.3 Å². The molecule has 0 bridgehead atoms. The Morgan fingerprint density at radius 2 is 1.34 bits per heavy atom. The summed E-state index contributed by atoms with van der Waals surface area (Å²) in [6, 6.07) is 3.51. The molecule has 0 saturated carbocycles. The molecule has 1 aliphatic rings. The van der Waals surface area contributed by atoms with E-state index in [9.17, 15) is 33.6 Å². The number of hydrogen-bond donors (Lipinski definition) is 5. The van der Waals surface area contributed by atoms with E-state index in [1.807, 2.05) is 47.0 Å². The van der Waals surface area contributed by atoms with Gasteiger partial charge in [0.25, 0.3) is 5.91 Å². The van der Waals surface area contributed by atoms with Gasteiger partial charge in [0.2, 0.25) is 11.8 Å². The third kappa shape index (κ3) is 22.3. The number of amides is 6. The minimum atomic E-state index is -5.49. The molecule has 1 aliphatic carbocycles. The maximum atomic E-state index is 15.3. The van der Waals surface area contributed by atoms with Crippen molar-refractivity contribution in [3.8, 4) is 0 Å². The van der Waals surface area contributed by atoms with E-state index in [0.29, 0.717) is 27.3 Å². The number of carbonyl (C=O) groups excluding carboxylic acids is 8. The van der Waals surface area contributed by atoms with Crippen LogP contribution in [0, 0.1) is 5.92 Å². The third-order valence-electron chi connectivity index (χ3n) is 16.4. The highest BCUT2D eigenvalue weighted by Gasteiger charge is 2.55. The summed E-state index contributed by atoms with van der Waals surface area (Å²) < 4.78 is 82.9. The molecule has 0 fully saturated rings. The summed E-state index contributed by atoms with van der Waals surface area (Å²) in [5.74, 6) is -7.51. The lowest BCUT2D eigenvalue weighted by atomic mass is 9.87. The molecule has 0 radical (unpaired) electrons. The Balaban J connectivity index is 1.80. The van der Waals surface area contributed by atoms with Crippen LogP contribution in [0.15, 0.2) is 60.1 Å². The predicted molar refractivity (Wildman–Crippen MR) is 357 cm³/mol. The van der Waals surface area contributed by atoms with Gasteiger partial charge in [-0.2, -0.15) is 13.2 Å². The van der Waals surface area contributed by atoms with Crippen LogP contribution in [0.5, 0.6) is 0 Å². The zero-order chi connectivity index (χ0) is 71.6. The fraction of sp³-hybridized carbons (Fsp3) is 0.606. The highest BCUT2D eigenvalue weighted by molar-refractivity contribution is 7.09. The summed E-state index contributed by atoms with van der Waals surface area (Å²) in [5, 5.41) is 13.7. The van der Waals surface area contributed by atoms with Gasteiger partial charge >= 0.3 is 36.2 Å². The molecule has 522 valence electrons. The molecule has 6 amide bonds. The maximum absolute atomic E-state index is 15.3. The fourth-order valence-electron chi connectivity index (χ4n) is 9.06. The first-order chi connectivity index (χ1) is 43.0. The van der Waals surface area contributed by atoms with E-state index < -0.39 is 141 Å². The van der Waals surface area contributed by atoms with Crippen molar-refractivity contribution in [1.29, 1.82) is 0 Å². The summed E-state index contributed by atoms with van der Waals surface area (Å²) in [7, 11) is -5.81. The van der Waals surface area contributed by atoms with Crippen molar-refractivity contribution in [2.75, 3.05) is 6.54 Å². The second kappa shape index (κ2) is 31.7. The van der Waals surface area contributed by atoms with Crippen molar-refractivity contribution >= 4 is 81.8 Å². The number of nitrogens with one attached hydrogen (secondary N) is 5. The molecule has 5 N–H and O–H groups in total. The normalized spacial score (nSPS) is 16.9. The Hall–Kier alpha value is -7.02. The van der Waals surface area contributed by atoms with Gasteiger partial charge in [0.05, 0.1) is 29.2 Å². The minimum absolute atomic E-state index is 0.0109. The van der Waals surface area contributed by atoms with Crippen LogP contribution in [-0.4, -0.2) is 133 Å².